The largest absolute Gasteiger partial charge is 0.352 e. The van der Waals surface area contributed by atoms with E-state index in [-0.39, 0.29) is 5.91 Å². The van der Waals surface area contributed by atoms with Gasteiger partial charge in [0.1, 0.15) is 0 Å². The molecule has 3 rings (SSSR count). The number of aromatic nitrogens is 3. The molecular weight excluding hydrogens is 362 g/mol. The molecule has 0 fully saturated rings. The van der Waals surface area contributed by atoms with Gasteiger partial charge < -0.3 is 10.2 Å². The molecule has 0 bridgehead atoms. The summed E-state index contributed by atoms with van der Waals surface area (Å²) >= 11 is 5.92. The van der Waals surface area contributed by atoms with Crippen molar-refractivity contribution in [3.05, 3.63) is 65.6 Å². The van der Waals surface area contributed by atoms with Gasteiger partial charge in [-0.3, -0.25) is 9.78 Å². The number of benzene rings is 1. The summed E-state index contributed by atoms with van der Waals surface area (Å²) in [6.07, 6.45) is 6.15. The Kier molecular flexibility index (Phi) is 6.21. The smallest absolute Gasteiger partial charge is 0.252 e. The van der Waals surface area contributed by atoms with E-state index in [1.807, 2.05) is 50.6 Å². The van der Waals surface area contributed by atoms with Crippen molar-refractivity contribution in [3.63, 3.8) is 0 Å². The van der Waals surface area contributed by atoms with Crippen molar-refractivity contribution in [2.75, 3.05) is 27.2 Å². The van der Waals surface area contributed by atoms with Crippen LogP contribution in [0.3, 0.4) is 0 Å². The number of halogens is 1. The predicted octanol–water partition coefficient (Wildman–Crippen LogP) is 3.27. The predicted molar refractivity (Wildman–Crippen MR) is 107 cm³/mol. The number of rotatable bonds is 7. The average molecular weight is 384 g/mol. The molecule has 1 aromatic carbocycles. The fourth-order valence-electron chi connectivity index (χ4n) is 2.59. The topological polar surface area (TPSA) is 63.1 Å². The minimum Gasteiger partial charge on any atom is -0.352 e. The fraction of sp³-hybridized carbons (Fsp3) is 0.250. The molecule has 27 heavy (non-hydrogen) atoms. The number of carbonyl (C=O) groups is 1. The zero-order valence-electron chi connectivity index (χ0n) is 15.4. The van der Waals surface area contributed by atoms with E-state index in [2.05, 4.69) is 20.3 Å². The fourth-order valence-corrected chi connectivity index (χ4v) is 2.71. The molecule has 0 aliphatic carbocycles. The first kappa shape index (κ1) is 19.1. The molecule has 3 aromatic rings. The number of amides is 1. The summed E-state index contributed by atoms with van der Waals surface area (Å²) in [5.41, 5.74) is 3.11. The van der Waals surface area contributed by atoms with Gasteiger partial charge in [0.2, 0.25) is 0 Å². The van der Waals surface area contributed by atoms with Gasteiger partial charge in [0.25, 0.3) is 5.91 Å². The minimum absolute atomic E-state index is 0.107. The van der Waals surface area contributed by atoms with Crippen LogP contribution in [0.4, 0.5) is 0 Å². The lowest BCUT2D eigenvalue weighted by molar-refractivity contribution is 0.0952. The van der Waals surface area contributed by atoms with E-state index in [0.29, 0.717) is 17.1 Å². The lowest BCUT2D eigenvalue weighted by Crippen LogP contribution is -2.27. The molecule has 0 spiro atoms. The van der Waals surface area contributed by atoms with E-state index in [9.17, 15) is 4.79 Å². The van der Waals surface area contributed by atoms with Crippen LogP contribution in [-0.4, -0.2) is 52.8 Å². The van der Waals surface area contributed by atoms with Gasteiger partial charge in [0, 0.05) is 29.5 Å². The highest BCUT2D eigenvalue weighted by Gasteiger charge is 2.08. The first-order valence-electron chi connectivity index (χ1n) is 8.73. The second-order valence-electron chi connectivity index (χ2n) is 6.49. The Balaban J connectivity index is 1.63. The molecule has 0 aliphatic heterocycles. The van der Waals surface area contributed by atoms with Crippen molar-refractivity contribution >= 4 is 17.5 Å². The monoisotopic (exact) mass is 383 g/mol. The normalized spacial score (nSPS) is 11.0. The maximum atomic E-state index is 12.2. The summed E-state index contributed by atoms with van der Waals surface area (Å²) in [6.45, 7) is 1.59. The number of carbonyl (C=O) groups excluding carboxylic acids is 1. The second-order valence-corrected chi connectivity index (χ2v) is 6.93. The molecule has 140 valence electrons. The van der Waals surface area contributed by atoms with Crippen LogP contribution in [-0.2, 0) is 0 Å². The molecule has 0 radical (unpaired) electrons. The Morgan fingerprint density at radius 1 is 1.15 bits per heavy atom. The second kappa shape index (κ2) is 8.79. The lowest BCUT2D eigenvalue weighted by atomic mass is 10.2. The van der Waals surface area contributed by atoms with Crippen molar-refractivity contribution < 1.29 is 4.79 Å². The highest BCUT2D eigenvalue weighted by Crippen LogP contribution is 2.19. The Labute approximate surface area is 163 Å². The third-order valence-electron chi connectivity index (χ3n) is 4.06. The molecule has 6 nitrogen and oxygen atoms in total. The first-order chi connectivity index (χ1) is 13.0. The summed E-state index contributed by atoms with van der Waals surface area (Å²) in [6, 6.07) is 11.1. The standard InChI is InChI=1S/C20H22ClN5O/c1-25(2)11-3-10-22-20(27)15-4-9-19(23-12-15)16-13-24-26(14-16)18-7-5-17(21)6-8-18/h4-9,12-14H,3,10-11H2,1-2H3,(H,22,27). The van der Waals surface area contributed by atoms with Crippen LogP contribution in [0.5, 0.6) is 0 Å². The van der Waals surface area contributed by atoms with Crippen molar-refractivity contribution in [2.24, 2.45) is 0 Å². The maximum Gasteiger partial charge on any atom is 0.252 e. The highest BCUT2D eigenvalue weighted by molar-refractivity contribution is 6.30. The van der Waals surface area contributed by atoms with Crippen LogP contribution in [0.1, 0.15) is 16.8 Å². The lowest BCUT2D eigenvalue weighted by Gasteiger charge is -2.09. The Morgan fingerprint density at radius 3 is 2.59 bits per heavy atom. The van der Waals surface area contributed by atoms with Crippen LogP contribution in [0, 0.1) is 0 Å². The molecule has 0 saturated heterocycles. The van der Waals surface area contributed by atoms with Crippen molar-refractivity contribution in [2.45, 2.75) is 6.42 Å². The molecule has 0 saturated carbocycles. The Bertz CT molecular complexity index is 887. The van der Waals surface area contributed by atoms with Gasteiger partial charge in [0.15, 0.2) is 0 Å². The molecule has 1 amide bonds. The van der Waals surface area contributed by atoms with Gasteiger partial charge in [-0.15, -0.1) is 0 Å². The number of nitrogens with one attached hydrogen (secondary N) is 1. The quantitative estimate of drug-likeness (QED) is 0.636. The molecule has 1 N–H and O–H groups in total. The van der Waals surface area contributed by atoms with Crippen LogP contribution in [0.2, 0.25) is 5.02 Å². The first-order valence-corrected chi connectivity index (χ1v) is 9.11. The maximum absolute atomic E-state index is 12.2. The number of hydrogen-bond acceptors (Lipinski definition) is 4. The number of nitrogens with zero attached hydrogens (tertiary/aromatic N) is 4. The summed E-state index contributed by atoms with van der Waals surface area (Å²) in [5, 5.41) is 7.96. The van der Waals surface area contributed by atoms with Gasteiger partial charge in [-0.2, -0.15) is 5.10 Å². The van der Waals surface area contributed by atoms with E-state index in [4.69, 9.17) is 11.6 Å². The summed E-state index contributed by atoms with van der Waals surface area (Å²) < 4.78 is 1.76. The van der Waals surface area contributed by atoms with Crippen molar-refractivity contribution in [3.8, 4) is 16.9 Å². The third kappa shape index (κ3) is 5.15. The summed E-state index contributed by atoms with van der Waals surface area (Å²) in [7, 11) is 4.03. The van der Waals surface area contributed by atoms with Gasteiger partial charge in [0.05, 0.1) is 23.1 Å². The summed E-state index contributed by atoms with van der Waals surface area (Å²) in [4.78, 5) is 18.7. The van der Waals surface area contributed by atoms with Crippen molar-refractivity contribution in [1.82, 2.24) is 25.0 Å². The highest BCUT2D eigenvalue weighted by atomic mass is 35.5. The SMILES string of the molecule is CN(C)CCCNC(=O)c1ccc(-c2cnn(-c3ccc(Cl)cc3)c2)nc1. The Hall–Kier alpha value is -2.70. The van der Waals surface area contributed by atoms with Gasteiger partial charge in [-0.25, -0.2) is 4.68 Å². The molecule has 2 aromatic heterocycles. The molecular formula is C20H22ClN5O. The summed E-state index contributed by atoms with van der Waals surface area (Å²) in [5.74, 6) is -0.107. The van der Waals surface area contributed by atoms with E-state index in [0.717, 1.165) is 29.9 Å². The van der Waals surface area contributed by atoms with Crippen LogP contribution in [0.15, 0.2) is 55.0 Å². The number of pyridine rings is 1. The Morgan fingerprint density at radius 2 is 1.93 bits per heavy atom. The third-order valence-corrected chi connectivity index (χ3v) is 4.31. The van der Waals surface area contributed by atoms with Crippen LogP contribution in [0.25, 0.3) is 16.9 Å². The van der Waals surface area contributed by atoms with E-state index in [1.54, 1.807) is 23.1 Å². The van der Waals surface area contributed by atoms with Gasteiger partial charge in [-0.1, -0.05) is 11.6 Å². The van der Waals surface area contributed by atoms with Crippen LogP contribution < -0.4 is 5.32 Å². The van der Waals surface area contributed by atoms with E-state index in [1.165, 1.54) is 0 Å². The van der Waals surface area contributed by atoms with Crippen molar-refractivity contribution in [1.29, 1.82) is 0 Å². The molecule has 2 heterocycles. The molecule has 0 atom stereocenters. The van der Waals surface area contributed by atoms with Gasteiger partial charge in [-0.05, 0) is 63.5 Å². The zero-order chi connectivity index (χ0) is 19.2. The average Bonchev–Trinajstić information content (AvgIpc) is 3.16. The van der Waals surface area contributed by atoms with E-state index >= 15 is 0 Å². The number of hydrogen-bond donors (Lipinski definition) is 1. The molecule has 0 unspecified atom stereocenters. The minimum atomic E-state index is -0.107. The van der Waals surface area contributed by atoms with Gasteiger partial charge >= 0.3 is 0 Å². The molecule has 7 heteroatoms. The van der Waals surface area contributed by atoms with Crippen LogP contribution >= 0.6 is 11.6 Å². The zero-order valence-corrected chi connectivity index (χ0v) is 16.1. The van der Waals surface area contributed by atoms with E-state index < -0.39 is 0 Å². The molecule has 0 aliphatic rings.